The number of aryl methyl sites for hydroxylation is 1. The monoisotopic (exact) mass is 479 g/mol. The molecule has 3 heterocycles. The maximum absolute atomic E-state index is 13.5. The van der Waals surface area contributed by atoms with Crippen molar-refractivity contribution in [2.75, 3.05) is 13.2 Å². The van der Waals surface area contributed by atoms with Crippen molar-refractivity contribution in [3.05, 3.63) is 42.7 Å². The highest BCUT2D eigenvalue weighted by Gasteiger charge is 2.79. The smallest absolute Gasteiger partial charge is 0.336 e. The van der Waals surface area contributed by atoms with E-state index in [4.69, 9.17) is 9.72 Å². The Balaban J connectivity index is 1.81. The van der Waals surface area contributed by atoms with Crippen molar-refractivity contribution >= 4 is 50.6 Å². The fourth-order valence-corrected chi connectivity index (χ4v) is 7.06. The number of carbonyl (C=O) groups is 2. The number of para-hydroxylation sites is 2. The first-order chi connectivity index (χ1) is 13.7. The first-order valence-corrected chi connectivity index (χ1v) is 10.9. The number of halogens is 1. The summed E-state index contributed by atoms with van der Waals surface area (Å²) in [6.45, 7) is 6.73. The van der Waals surface area contributed by atoms with Gasteiger partial charge in [-0.3, -0.25) is 4.79 Å². The zero-order valence-electron chi connectivity index (χ0n) is 16.4. The number of imidazole rings is 1. The lowest BCUT2D eigenvalue weighted by Gasteiger charge is -2.53. The van der Waals surface area contributed by atoms with Crippen molar-refractivity contribution in [2.24, 2.45) is 7.05 Å². The van der Waals surface area contributed by atoms with Crippen molar-refractivity contribution < 1.29 is 19.4 Å². The van der Waals surface area contributed by atoms with E-state index in [-0.39, 0.29) is 12.5 Å². The predicted octanol–water partition coefficient (Wildman–Crippen LogP) is 2.32. The maximum atomic E-state index is 13.5. The van der Waals surface area contributed by atoms with Crippen LogP contribution in [0.15, 0.2) is 36.9 Å². The molecule has 0 saturated carbocycles. The molecule has 1 N–H and O–H groups in total. The van der Waals surface area contributed by atoms with Gasteiger partial charge in [0.15, 0.2) is 9.86 Å². The molecule has 29 heavy (non-hydrogen) atoms. The molecule has 0 radical (unpaired) electrons. The molecule has 2 aliphatic heterocycles. The fourth-order valence-electron chi connectivity index (χ4n) is 4.28. The van der Waals surface area contributed by atoms with Crippen LogP contribution < -0.4 is 0 Å². The van der Waals surface area contributed by atoms with Gasteiger partial charge in [-0.2, -0.15) is 0 Å². The Morgan fingerprint density at radius 1 is 1.45 bits per heavy atom. The standard InChI is InChI=1S/C20H22BrN3O4S/c1-5-10-28-17(27)19(11-25)18(2,3)29-16-20(21,15(26)24(16)19)14-22-12-8-6-7-9-13(12)23(14)4/h5-9,16,25H,1,10-11H2,2-4H3/t16-,19+,20+/m1/s1. The zero-order chi connectivity index (χ0) is 21.2. The summed E-state index contributed by atoms with van der Waals surface area (Å²) in [5.41, 5.74) is 0.217. The number of carbonyl (C=O) groups excluding carboxylic acids is 2. The molecular formula is C20H22BrN3O4S. The van der Waals surface area contributed by atoms with Gasteiger partial charge in [-0.05, 0) is 26.0 Å². The average molecular weight is 480 g/mol. The third-order valence-corrected chi connectivity index (χ3v) is 9.07. The highest BCUT2D eigenvalue weighted by molar-refractivity contribution is 9.10. The lowest BCUT2D eigenvalue weighted by molar-refractivity contribution is -0.179. The van der Waals surface area contributed by atoms with Gasteiger partial charge in [-0.1, -0.05) is 40.7 Å². The molecule has 4 rings (SSSR count). The molecule has 154 valence electrons. The minimum atomic E-state index is -1.48. The van der Waals surface area contributed by atoms with Crippen molar-refractivity contribution in [1.29, 1.82) is 0 Å². The molecule has 1 aromatic carbocycles. The SMILES string of the molecule is C=CCOC(=O)[C@]1(CO)N2C(=O)[C@@](Br)(c3nc4ccccc4n3C)[C@H]2SC1(C)C. The van der Waals surface area contributed by atoms with E-state index in [1.807, 2.05) is 49.7 Å². The van der Waals surface area contributed by atoms with Gasteiger partial charge >= 0.3 is 5.97 Å². The third kappa shape index (κ3) is 2.38. The molecule has 1 aromatic heterocycles. The number of fused-ring (bicyclic) bond motifs is 2. The second-order valence-electron chi connectivity index (χ2n) is 7.76. The molecule has 0 aliphatic carbocycles. The number of aliphatic hydroxyl groups is 1. The van der Waals surface area contributed by atoms with Gasteiger partial charge in [0.25, 0.3) is 5.91 Å². The van der Waals surface area contributed by atoms with Crippen LogP contribution in [0.2, 0.25) is 0 Å². The van der Waals surface area contributed by atoms with E-state index < -0.39 is 32.6 Å². The summed E-state index contributed by atoms with van der Waals surface area (Å²) >= 11 is 5.12. The summed E-state index contributed by atoms with van der Waals surface area (Å²) in [6, 6.07) is 7.66. The number of alkyl halides is 1. The average Bonchev–Trinajstić information content (AvgIpc) is 3.16. The number of rotatable bonds is 5. The van der Waals surface area contributed by atoms with Crippen LogP contribution in [0.1, 0.15) is 19.7 Å². The summed E-state index contributed by atoms with van der Waals surface area (Å²) < 4.78 is 5.31. The Hall–Kier alpha value is -1.84. The Morgan fingerprint density at radius 3 is 2.76 bits per heavy atom. The number of esters is 1. The van der Waals surface area contributed by atoms with Gasteiger partial charge in [0.2, 0.25) is 0 Å². The molecule has 9 heteroatoms. The Bertz CT molecular complexity index is 1040. The predicted molar refractivity (Wildman–Crippen MR) is 115 cm³/mol. The number of hydrogen-bond donors (Lipinski definition) is 1. The van der Waals surface area contributed by atoms with Gasteiger partial charge in [0.1, 0.15) is 17.8 Å². The third-order valence-electron chi connectivity index (χ3n) is 5.93. The van der Waals surface area contributed by atoms with Crippen molar-refractivity contribution in [3.8, 4) is 0 Å². The number of hydrogen-bond acceptors (Lipinski definition) is 6. The van der Waals surface area contributed by atoms with Gasteiger partial charge in [-0.25, -0.2) is 9.78 Å². The highest BCUT2D eigenvalue weighted by atomic mass is 79.9. The Labute approximate surface area is 181 Å². The molecule has 0 bridgehead atoms. The molecule has 2 aliphatic rings. The van der Waals surface area contributed by atoms with E-state index in [0.29, 0.717) is 5.82 Å². The van der Waals surface area contributed by atoms with Crippen LogP contribution >= 0.6 is 27.7 Å². The van der Waals surface area contributed by atoms with E-state index in [1.54, 1.807) is 0 Å². The lowest BCUT2D eigenvalue weighted by atomic mass is 9.79. The minimum Gasteiger partial charge on any atom is -0.460 e. The summed E-state index contributed by atoms with van der Waals surface area (Å²) in [6.07, 6.45) is 1.46. The molecule has 0 spiro atoms. The number of aromatic nitrogens is 2. The summed E-state index contributed by atoms with van der Waals surface area (Å²) in [4.78, 5) is 32.7. The first-order valence-electron chi connectivity index (χ1n) is 9.18. The van der Waals surface area contributed by atoms with Crippen LogP contribution in [0.4, 0.5) is 0 Å². The number of nitrogens with zero attached hydrogens (tertiary/aromatic N) is 3. The van der Waals surface area contributed by atoms with Crippen molar-refractivity contribution in [3.63, 3.8) is 0 Å². The second kappa shape index (κ2) is 6.58. The number of amides is 1. The van der Waals surface area contributed by atoms with E-state index in [9.17, 15) is 14.7 Å². The van der Waals surface area contributed by atoms with Crippen LogP contribution in [0.5, 0.6) is 0 Å². The van der Waals surface area contributed by atoms with Gasteiger partial charge in [0, 0.05) is 11.8 Å². The van der Waals surface area contributed by atoms with Crippen LogP contribution in [0.3, 0.4) is 0 Å². The topological polar surface area (TPSA) is 84.7 Å². The molecule has 7 nitrogen and oxygen atoms in total. The number of β-lactam (4-membered cyclic amide) rings is 1. The molecule has 1 amide bonds. The molecule has 2 aromatic rings. The second-order valence-corrected chi connectivity index (χ2v) is 10.7. The number of ether oxygens (including phenoxy) is 1. The quantitative estimate of drug-likeness (QED) is 0.306. The fraction of sp³-hybridized carbons (Fsp3) is 0.450. The van der Waals surface area contributed by atoms with Crippen molar-refractivity contribution in [1.82, 2.24) is 14.5 Å². The molecule has 2 fully saturated rings. The van der Waals surface area contributed by atoms with Gasteiger partial charge in [-0.15, -0.1) is 11.8 Å². The van der Waals surface area contributed by atoms with E-state index in [0.717, 1.165) is 11.0 Å². The maximum Gasteiger partial charge on any atom is 0.336 e. The Morgan fingerprint density at radius 2 is 2.14 bits per heavy atom. The zero-order valence-corrected chi connectivity index (χ0v) is 18.8. The number of thioether (sulfide) groups is 1. The van der Waals surface area contributed by atoms with Gasteiger partial charge in [0.05, 0.1) is 17.6 Å². The first kappa shape index (κ1) is 20.4. The van der Waals surface area contributed by atoms with E-state index in [2.05, 4.69) is 22.5 Å². The van der Waals surface area contributed by atoms with Crippen LogP contribution in [-0.4, -0.2) is 60.3 Å². The largest absolute Gasteiger partial charge is 0.460 e. The molecule has 3 atom stereocenters. The summed E-state index contributed by atoms with van der Waals surface area (Å²) in [5, 5.41) is 9.87. The van der Waals surface area contributed by atoms with Crippen LogP contribution in [0.25, 0.3) is 11.0 Å². The highest BCUT2D eigenvalue weighted by Crippen LogP contribution is 2.65. The van der Waals surface area contributed by atoms with Crippen LogP contribution in [0, 0.1) is 0 Å². The minimum absolute atomic E-state index is 0.0121. The molecule has 2 saturated heterocycles. The van der Waals surface area contributed by atoms with Crippen molar-refractivity contribution in [2.45, 2.75) is 33.8 Å². The normalized spacial score (nSPS) is 30.2. The number of aliphatic hydroxyl groups excluding tert-OH is 1. The lowest BCUT2D eigenvalue weighted by Crippen LogP contribution is -2.76. The summed E-state index contributed by atoms with van der Waals surface area (Å²) in [7, 11) is 1.87. The van der Waals surface area contributed by atoms with E-state index >= 15 is 0 Å². The van der Waals surface area contributed by atoms with Gasteiger partial charge < -0.3 is 19.3 Å². The number of benzene rings is 1. The molecule has 0 unspecified atom stereocenters. The van der Waals surface area contributed by atoms with Crippen LogP contribution in [-0.2, 0) is 25.7 Å². The van der Waals surface area contributed by atoms with E-state index in [1.165, 1.54) is 22.7 Å². The Kier molecular flexibility index (Phi) is 4.64. The molecular weight excluding hydrogens is 458 g/mol. The summed E-state index contributed by atoms with van der Waals surface area (Å²) in [5.74, 6) is -0.377.